The van der Waals surface area contributed by atoms with Crippen LogP contribution in [0.5, 0.6) is 0 Å². The van der Waals surface area contributed by atoms with Crippen LogP contribution in [-0.4, -0.2) is 44.4 Å². The number of hydrogen-bond acceptors (Lipinski definition) is 7. The van der Waals surface area contributed by atoms with Gasteiger partial charge in [0.2, 0.25) is 5.82 Å². The average Bonchev–Trinajstić information content (AvgIpc) is 2.84. The predicted molar refractivity (Wildman–Crippen MR) is 66.6 cm³/mol. The summed E-state index contributed by atoms with van der Waals surface area (Å²) in [6, 6.07) is 1.68. The number of carbonyl (C=O) groups is 1. The van der Waals surface area contributed by atoms with Crippen molar-refractivity contribution >= 4 is 11.8 Å². The lowest BCUT2D eigenvalue weighted by Crippen LogP contribution is -2.12. The van der Waals surface area contributed by atoms with Crippen molar-refractivity contribution in [1.82, 2.24) is 24.7 Å². The molecule has 0 atom stereocenters. The van der Waals surface area contributed by atoms with E-state index in [2.05, 4.69) is 30.1 Å². The third kappa shape index (κ3) is 3.47. The van der Waals surface area contributed by atoms with Crippen LogP contribution in [0, 0.1) is 0 Å². The second-order valence-electron chi connectivity index (χ2n) is 3.77. The molecule has 0 fully saturated rings. The van der Waals surface area contributed by atoms with Gasteiger partial charge in [-0.25, -0.2) is 19.7 Å². The molecule has 0 saturated heterocycles. The van der Waals surface area contributed by atoms with Crippen LogP contribution in [0.1, 0.15) is 16.4 Å². The Hall–Kier alpha value is -2.51. The predicted octanol–water partition coefficient (Wildman–Crippen LogP) is 0.0463. The van der Waals surface area contributed by atoms with Crippen molar-refractivity contribution in [2.75, 3.05) is 19.0 Å². The van der Waals surface area contributed by atoms with Gasteiger partial charge in [-0.15, -0.1) is 0 Å². The highest BCUT2D eigenvalue weighted by molar-refractivity contribution is 5.85. The highest BCUT2D eigenvalue weighted by atomic mass is 16.5. The molecule has 0 aromatic carbocycles. The maximum absolute atomic E-state index is 11.3. The van der Waals surface area contributed by atoms with Crippen LogP contribution in [0.15, 0.2) is 18.6 Å². The molecule has 0 aliphatic heterocycles. The number of nitrogens with zero attached hydrogens (tertiary/aromatic N) is 5. The molecule has 1 N–H and O–H groups in total. The smallest absolute Gasteiger partial charge is 0.376 e. The number of esters is 1. The van der Waals surface area contributed by atoms with Crippen molar-refractivity contribution in [3.05, 3.63) is 30.2 Å². The summed E-state index contributed by atoms with van der Waals surface area (Å²) < 4.78 is 6.20. The first-order valence-electron chi connectivity index (χ1n) is 5.69. The van der Waals surface area contributed by atoms with Gasteiger partial charge in [0.15, 0.2) is 5.82 Å². The summed E-state index contributed by atoms with van der Waals surface area (Å²) >= 11 is 0. The van der Waals surface area contributed by atoms with E-state index in [9.17, 15) is 4.79 Å². The van der Waals surface area contributed by atoms with Crippen molar-refractivity contribution in [3.63, 3.8) is 0 Å². The number of carbonyl (C=O) groups excluding carboxylic acids is 1. The van der Waals surface area contributed by atoms with Gasteiger partial charge in [0.25, 0.3) is 0 Å². The van der Waals surface area contributed by atoms with Crippen LogP contribution in [0.2, 0.25) is 0 Å². The summed E-state index contributed by atoms with van der Waals surface area (Å²) in [5.74, 6) is 0.780. The topological polar surface area (TPSA) is 94.8 Å². The zero-order chi connectivity index (χ0) is 13.7. The molecule has 8 nitrogen and oxygen atoms in total. The third-order valence-electron chi connectivity index (χ3n) is 2.33. The van der Waals surface area contributed by atoms with Crippen molar-refractivity contribution < 1.29 is 9.53 Å². The van der Waals surface area contributed by atoms with Gasteiger partial charge in [-0.3, -0.25) is 4.68 Å². The van der Waals surface area contributed by atoms with Crippen LogP contribution in [0.4, 0.5) is 5.82 Å². The number of aryl methyl sites for hydroxylation is 1. The molecule has 0 radical (unpaired) electrons. The summed E-state index contributed by atoms with van der Waals surface area (Å²) in [4.78, 5) is 23.2. The first-order valence-corrected chi connectivity index (χ1v) is 5.69. The van der Waals surface area contributed by atoms with Gasteiger partial charge in [-0.1, -0.05) is 0 Å². The second-order valence-corrected chi connectivity index (χ2v) is 3.77. The fraction of sp³-hybridized carbons (Fsp3) is 0.364. The Morgan fingerprint density at radius 1 is 1.47 bits per heavy atom. The minimum atomic E-state index is -0.560. The highest BCUT2D eigenvalue weighted by Crippen LogP contribution is 2.03. The summed E-state index contributed by atoms with van der Waals surface area (Å²) in [7, 11) is 3.11. The fourth-order valence-corrected chi connectivity index (χ4v) is 1.45. The van der Waals surface area contributed by atoms with E-state index in [1.807, 2.05) is 7.05 Å². The van der Waals surface area contributed by atoms with Crippen LogP contribution < -0.4 is 5.32 Å². The Balaban J connectivity index is 1.90. The Labute approximate surface area is 109 Å². The van der Waals surface area contributed by atoms with E-state index < -0.39 is 5.97 Å². The molecule has 0 unspecified atom stereocenters. The number of anilines is 1. The van der Waals surface area contributed by atoms with Crippen LogP contribution in [0.3, 0.4) is 0 Å². The molecular weight excluding hydrogens is 248 g/mol. The maximum Gasteiger partial charge on any atom is 0.376 e. The first kappa shape index (κ1) is 12.9. The Bertz CT molecular complexity index is 568. The standard InChI is InChI=1S/C11H14N6O2/c1-17-7-14-9(16-17)4-5-12-8-3-6-13-10(15-8)11(18)19-2/h3,6-7H,4-5H2,1-2H3,(H,12,13,15). The summed E-state index contributed by atoms with van der Waals surface area (Å²) in [6.45, 7) is 0.613. The van der Waals surface area contributed by atoms with Crippen LogP contribution in [-0.2, 0) is 18.2 Å². The van der Waals surface area contributed by atoms with Gasteiger partial charge >= 0.3 is 5.97 Å². The Morgan fingerprint density at radius 3 is 3.00 bits per heavy atom. The van der Waals surface area contributed by atoms with Gasteiger partial charge < -0.3 is 10.1 Å². The van der Waals surface area contributed by atoms with Gasteiger partial charge in [0.1, 0.15) is 12.1 Å². The van der Waals surface area contributed by atoms with E-state index in [-0.39, 0.29) is 5.82 Å². The molecule has 19 heavy (non-hydrogen) atoms. The average molecular weight is 262 g/mol. The number of methoxy groups -OCH3 is 1. The summed E-state index contributed by atoms with van der Waals surface area (Å²) in [6.07, 6.45) is 3.81. The number of rotatable bonds is 5. The van der Waals surface area contributed by atoms with Crippen LogP contribution >= 0.6 is 0 Å². The van der Waals surface area contributed by atoms with E-state index in [1.165, 1.54) is 13.3 Å². The number of aromatic nitrogens is 5. The lowest BCUT2D eigenvalue weighted by atomic mass is 10.4. The van der Waals surface area contributed by atoms with Gasteiger partial charge in [0, 0.05) is 26.2 Å². The molecule has 2 aromatic rings. The fourth-order valence-electron chi connectivity index (χ4n) is 1.45. The van der Waals surface area contributed by atoms with E-state index >= 15 is 0 Å². The van der Waals surface area contributed by atoms with E-state index in [0.29, 0.717) is 18.8 Å². The van der Waals surface area contributed by atoms with E-state index in [0.717, 1.165) is 5.82 Å². The molecule has 100 valence electrons. The van der Waals surface area contributed by atoms with E-state index in [4.69, 9.17) is 0 Å². The monoisotopic (exact) mass is 262 g/mol. The van der Waals surface area contributed by atoms with Crippen LogP contribution in [0.25, 0.3) is 0 Å². The minimum Gasteiger partial charge on any atom is -0.463 e. The lowest BCUT2D eigenvalue weighted by molar-refractivity contribution is 0.0587. The van der Waals surface area contributed by atoms with Crippen molar-refractivity contribution in [2.24, 2.45) is 7.05 Å². The van der Waals surface area contributed by atoms with Gasteiger partial charge in [0.05, 0.1) is 7.11 Å². The van der Waals surface area contributed by atoms with Crippen molar-refractivity contribution in [3.8, 4) is 0 Å². The quantitative estimate of drug-likeness (QED) is 0.760. The molecule has 2 aromatic heterocycles. The molecule has 0 aliphatic carbocycles. The highest BCUT2D eigenvalue weighted by Gasteiger charge is 2.09. The number of nitrogens with one attached hydrogen (secondary N) is 1. The van der Waals surface area contributed by atoms with Crippen molar-refractivity contribution in [2.45, 2.75) is 6.42 Å². The molecule has 0 bridgehead atoms. The molecule has 0 spiro atoms. The van der Waals surface area contributed by atoms with E-state index in [1.54, 1.807) is 17.1 Å². The Kier molecular flexibility index (Phi) is 4.01. The number of ether oxygens (including phenoxy) is 1. The molecule has 2 rings (SSSR count). The van der Waals surface area contributed by atoms with Crippen molar-refractivity contribution in [1.29, 1.82) is 0 Å². The third-order valence-corrected chi connectivity index (χ3v) is 2.33. The zero-order valence-corrected chi connectivity index (χ0v) is 10.7. The molecule has 8 heteroatoms. The van der Waals surface area contributed by atoms with Gasteiger partial charge in [-0.05, 0) is 6.07 Å². The molecule has 2 heterocycles. The summed E-state index contributed by atoms with van der Waals surface area (Å²) in [5.41, 5.74) is 0. The maximum atomic E-state index is 11.3. The zero-order valence-electron chi connectivity index (χ0n) is 10.7. The molecule has 0 amide bonds. The lowest BCUT2D eigenvalue weighted by Gasteiger charge is -2.04. The summed E-state index contributed by atoms with van der Waals surface area (Å²) in [5, 5.41) is 7.23. The van der Waals surface area contributed by atoms with Gasteiger partial charge in [-0.2, -0.15) is 5.10 Å². The normalized spacial score (nSPS) is 10.2. The largest absolute Gasteiger partial charge is 0.463 e. The minimum absolute atomic E-state index is 0.0310. The molecule has 0 aliphatic rings. The first-order chi connectivity index (χ1) is 9.19. The molecular formula is C11H14N6O2. The number of hydrogen-bond donors (Lipinski definition) is 1. The SMILES string of the molecule is COC(=O)c1nccc(NCCc2ncn(C)n2)n1. The molecule has 0 saturated carbocycles. The Morgan fingerprint density at radius 2 is 2.32 bits per heavy atom. The second kappa shape index (κ2) is 5.89.